The van der Waals surface area contributed by atoms with Crippen LogP contribution in [0.1, 0.15) is 59.8 Å². The van der Waals surface area contributed by atoms with E-state index in [1.165, 1.54) is 0 Å². The highest BCUT2D eigenvalue weighted by atomic mass is 16.4. The van der Waals surface area contributed by atoms with Gasteiger partial charge in [-0.15, -0.1) is 0 Å². The lowest BCUT2D eigenvalue weighted by molar-refractivity contribution is -0.144. The average molecular weight is 515 g/mol. The number of primary amides is 1. The Morgan fingerprint density at radius 2 is 1.44 bits per heavy atom. The van der Waals surface area contributed by atoms with Crippen molar-refractivity contribution in [2.24, 2.45) is 39.8 Å². The number of hydrogen-bond acceptors (Lipinski definition) is 7. The molecule has 14 heteroatoms. The number of carbonyl (C=O) groups is 5. The van der Waals surface area contributed by atoms with Crippen molar-refractivity contribution < 1.29 is 29.1 Å². The molecule has 0 radical (unpaired) electrons. The van der Waals surface area contributed by atoms with E-state index in [2.05, 4.69) is 20.9 Å². The lowest BCUT2D eigenvalue weighted by Gasteiger charge is -2.28. The highest BCUT2D eigenvalue weighted by Crippen LogP contribution is 2.10. The Bertz CT molecular complexity index is 799. The lowest BCUT2D eigenvalue weighted by atomic mass is 9.98. The molecule has 206 valence electrons. The summed E-state index contributed by atoms with van der Waals surface area (Å²) in [6.45, 7) is 7.06. The zero-order valence-electron chi connectivity index (χ0n) is 21.5. The molecule has 5 atom stereocenters. The molecule has 0 saturated carbocycles. The van der Waals surface area contributed by atoms with Gasteiger partial charge < -0.3 is 44.0 Å². The maximum atomic E-state index is 13.1. The van der Waals surface area contributed by atoms with Gasteiger partial charge in [0.2, 0.25) is 23.6 Å². The number of carboxylic acids is 1. The van der Waals surface area contributed by atoms with Gasteiger partial charge in [0.25, 0.3) is 0 Å². The molecule has 14 nitrogen and oxygen atoms in total. The second kappa shape index (κ2) is 16.3. The van der Waals surface area contributed by atoms with Crippen molar-refractivity contribution >= 4 is 35.6 Å². The van der Waals surface area contributed by atoms with Crippen LogP contribution < -0.4 is 38.9 Å². The van der Waals surface area contributed by atoms with Crippen molar-refractivity contribution in [3.63, 3.8) is 0 Å². The smallest absolute Gasteiger partial charge is 0.326 e. The molecule has 0 aliphatic rings. The number of nitrogens with two attached hydrogens (primary N) is 4. The van der Waals surface area contributed by atoms with Gasteiger partial charge in [0.15, 0.2) is 5.96 Å². The Morgan fingerprint density at radius 1 is 0.861 bits per heavy atom. The summed E-state index contributed by atoms with van der Waals surface area (Å²) in [5.41, 5.74) is 21.5. The summed E-state index contributed by atoms with van der Waals surface area (Å²) < 4.78 is 0. The van der Waals surface area contributed by atoms with Gasteiger partial charge >= 0.3 is 5.97 Å². The maximum Gasteiger partial charge on any atom is 0.326 e. The average Bonchev–Trinajstić information content (AvgIpc) is 2.79. The molecule has 12 N–H and O–H groups in total. The number of carbonyl (C=O) groups excluding carboxylic acids is 4. The zero-order valence-corrected chi connectivity index (χ0v) is 21.5. The monoisotopic (exact) mass is 514 g/mol. The quantitative estimate of drug-likeness (QED) is 0.0598. The third-order valence-corrected chi connectivity index (χ3v) is 5.64. The van der Waals surface area contributed by atoms with Gasteiger partial charge in [0, 0.05) is 13.0 Å². The molecule has 0 fully saturated rings. The molecule has 5 unspecified atom stereocenters. The number of hydrogen-bond donors (Lipinski definition) is 8. The summed E-state index contributed by atoms with van der Waals surface area (Å²) in [5.74, 6) is -4.66. The van der Waals surface area contributed by atoms with Crippen LogP contribution in [0.4, 0.5) is 0 Å². The van der Waals surface area contributed by atoms with E-state index in [4.69, 9.17) is 22.9 Å². The van der Waals surface area contributed by atoms with Crippen molar-refractivity contribution in [1.29, 1.82) is 0 Å². The van der Waals surface area contributed by atoms with E-state index < -0.39 is 53.8 Å². The number of carboxylic acid groups (broad SMARTS) is 1. The van der Waals surface area contributed by atoms with E-state index in [9.17, 15) is 29.1 Å². The summed E-state index contributed by atoms with van der Waals surface area (Å²) in [4.78, 5) is 65.0. The molecule has 0 rings (SSSR count). The van der Waals surface area contributed by atoms with E-state index in [0.717, 1.165) is 0 Å². The highest BCUT2D eigenvalue weighted by Gasteiger charge is 2.32. The fourth-order valence-electron chi connectivity index (χ4n) is 3.19. The highest BCUT2D eigenvalue weighted by molar-refractivity contribution is 5.94. The minimum absolute atomic E-state index is 0.00954. The van der Waals surface area contributed by atoms with Crippen LogP contribution in [0.15, 0.2) is 4.99 Å². The molecular formula is C22H42N8O6. The largest absolute Gasteiger partial charge is 0.480 e. The fourth-order valence-corrected chi connectivity index (χ4v) is 3.19. The van der Waals surface area contributed by atoms with Gasteiger partial charge in [0.1, 0.15) is 18.1 Å². The number of aliphatic carboxylic acids is 1. The van der Waals surface area contributed by atoms with Crippen LogP contribution in [-0.2, 0) is 24.0 Å². The predicted molar refractivity (Wildman–Crippen MR) is 134 cm³/mol. The van der Waals surface area contributed by atoms with E-state index in [0.29, 0.717) is 12.8 Å². The van der Waals surface area contributed by atoms with Crippen LogP contribution in [0.5, 0.6) is 0 Å². The molecule has 0 spiro atoms. The molecule has 0 aromatic rings. The van der Waals surface area contributed by atoms with E-state index >= 15 is 0 Å². The van der Waals surface area contributed by atoms with Crippen molar-refractivity contribution in [3.05, 3.63) is 0 Å². The molecule has 0 aliphatic carbocycles. The summed E-state index contributed by atoms with van der Waals surface area (Å²) in [6, 6.07) is -4.37. The summed E-state index contributed by atoms with van der Waals surface area (Å²) in [7, 11) is 0. The van der Waals surface area contributed by atoms with Gasteiger partial charge in [-0.05, 0) is 31.1 Å². The summed E-state index contributed by atoms with van der Waals surface area (Å²) in [6.07, 6.45) is 0.851. The molecule has 36 heavy (non-hydrogen) atoms. The molecule has 0 aromatic carbocycles. The first-order valence-corrected chi connectivity index (χ1v) is 11.9. The Morgan fingerprint density at radius 3 is 1.92 bits per heavy atom. The fraction of sp³-hybridized carbons (Fsp3) is 0.727. The van der Waals surface area contributed by atoms with Crippen LogP contribution in [0.2, 0.25) is 0 Å². The Labute approximate surface area is 211 Å². The van der Waals surface area contributed by atoms with E-state index in [1.807, 2.05) is 0 Å². The van der Waals surface area contributed by atoms with Crippen LogP contribution in [0.25, 0.3) is 0 Å². The standard InChI is InChI=1S/C22H42N8O6/c1-5-12(4)17(21(35)36)30-19(33)14(7-6-10-27-22(25)26)28-20(34)16(11(2)3)29-18(32)13(23)8-9-15(24)31/h11-14,16-17H,5-10,23H2,1-4H3,(H2,24,31)(H,28,34)(H,29,32)(H,30,33)(H,35,36)(H4,25,26,27). The normalized spacial score (nSPS) is 15.1. The number of amides is 4. The molecule has 0 heterocycles. The first kappa shape index (κ1) is 32.6. The number of guanidine groups is 1. The molecule has 0 bridgehead atoms. The van der Waals surface area contributed by atoms with E-state index in [1.54, 1.807) is 27.7 Å². The SMILES string of the molecule is CCC(C)C(NC(=O)C(CCCN=C(N)N)NC(=O)C(NC(=O)C(N)CCC(N)=O)C(C)C)C(=O)O. The predicted octanol–water partition coefficient (Wildman–Crippen LogP) is -2.13. The second-order valence-corrected chi connectivity index (χ2v) is 9.06. The van der Waals surface area contributed by atoms with Crippen LogP contribution in [0.3, 0.4) is 0 Å². The van der Waals surface area contributed by atoms with Crippen molar-refractivity contribution in [2.75, 3.05) is 6.54 Å². The Balaban J connectivity index is 5.59. The summed E-state index contributed by atoms with van der Waals surface area (Å²) in [5, 5.41) is 17.1. The van der Waals surface area contributed by atoms with Crippen LogP contribution in [0, 0.1) is 11.8 Å². The maximum absolute atomic E-state index is 13.1. The third-order valence-electron chi connectivity index (χ3n) is 5.64. The second-order valence-electron chi connectivity index (χ2n) is 9.06. The number of nitrogens with zero attached hydrogens (tertiary/aromatic N) is 1. The minimum atomic E-state index is -1.19. The number of rotatable bonds is 17. The Kier molecular flexibility index (Phi) is 14.7. The third kappa shape index (κ3) is 12.3. The first-order chi connectivity index (χ1) is 16.7. The first-order valence-electron chi connectivity index (χ1n) is 11.9. The summed E-state index contributed by atoms with van der Waals surface area (Å²) >= 11 is 0. The lowest BCUT2D eigenvalue weighted by Crippen LogP contribution is -2.58. The zero-order chi connectivity index (χ0) is 28.0. The Hall–Kier alpha value is -3.42. The minimum Gasteiger partial charge on any atom is -0.480 e. The van der Waals surface area contributed by atoms with Gasteiger partial charge in [-0.1, -0.05) is 34.1 Å². The van der Waals surface area contributed by atoms with Crippen molar-refractivity contribution in [2.45, 2.75) is 84.0 Å². The molecular weight excluding hydrogens is 472 g/mol. The molecule has 0 saturated heterocycles. The number of nitrogens with one attached hydrogen (secondary N) is 3. The van der Waals surface area contributed by atoms with Gasteiger partial charge in [-0.25, -0.2) is 4.79 Å². The van der Waals surface area contributed by atoms with Gasteiger partial charge in [0.05, 0.1) is 6.04 Å². The molecule has 0 aliphatic heterocycles. The number of aliphatic imine (C=N–C) groups is 1. The topological polar surface area (TPSA) is 258 Å². The van der Waals surface area contributed by atoms with Crippen molar-refractivity contribution in [1.82, 2.24) is 16.0 Å². The van der Waals surface area contributed by atoms with Gasteiger partial charge in [-0.3, -0.25) is 24.2 Å². The van der Waals surface area contributed by atoms with E-state index in [-0.39, 0.29) is 43.6 Å². The van der Waals surface area contributed by atoms with Crippen molar-refractivity contribution in [3.8, 4) is 0 Å². The molecule has 4 amide bonds. The molecule has 0 aromatic heterocycles. The van der Waals surface area contributed by atoms with Crippen LogP contribution >= 0.6 is 0 Å². The van der Waals surface area contributed by atoms with Gasteiger partial charge in [-0.2, -0.15) is 0 Å². The van der Waals surface area contributed by atoms with Crippen LogP contribution in [-0.4, -0.2) is 71.4 Å².